The average Bonchev–Trinajstić information content (AvgIpc) is 1.41. The van der Waals surface area contributed by atoms with E-state index in [4.69, 9.17) is 0 Å². The highest BCUT2D eigenvalue weighted by Crippen LogP contribution is 1.88. The number of rotatable bonds is 2. The van der Waals surface area contributed by atoms with Crippen LogP contribution in [-0.4, -0.2) is 0 Å². The minimum atomic E-state index is 0. The van der Waals surface area contributed by atoms with E-state index in [1.165, 1.54) is 19.3 Å². The molecule has 0 rings (SSSR count). The number of unbranched alkanes of at least 4 members (excludes halogenated alkanes) is 2. The molecular formula is C5H12Br-. The van der Waals surface area contributed by atoms with Crippen LogP contribution in [0.1, 0.15) is 33.1 Å². The van der Waals surface area contributed by atoms with Crippen LogP contribution in [0, 0.1) is 0 Å². The van der Waals surface area contributed by atoms with Crippen LogP contribution >= 0.6 is 0 Å². The van der Waals surface area contributed by atoms with Crippen molar-refractivity contribution in [2.75, 3.05) is 0 Å². The highest BCUT2D eigenvalue weighted by atomic mass is 79.9. The molecule has 0 aliphatic heterocycles. The van der Waals surface area contributed by atoms with E-state index in [-0.39, 0.29) is 17.0 Å². The maximum atomic E-state index is 2.21. The predicted octanol–water partition coefficient (Wildman–Crippen LogP) is -0.799. The quantitative estimate of drug-likeness (QED) is 0.486. The minimum absolute atomic E-state index is 0. The van der Waals surface area contributed by atoms with E-state index in [0.717, 1.165) is 0 Å². The van der Waals surface area contributed by atoms with Gasteiger partial charge < -0.3 is 17.0 Å². The van der Waals surface area contributed by atoms with Gasteiger partial charge in [-0.15, -0.1) is 0 Å². The van der Waals surface area contributed by atoms with Gasteiger partial charge in [0.25, 0.3) is 0 Å². The second-order valence-electron chi connectivity index (χ2n) is 1.35. The molecule has 0 radical (unpaired) electrons. The van der Waals surface area contributed by atoms with Crippen molar-refractivity contribution in [2.24, 2.45) is 0 Å². The monoisotopic (exact) mass is 151 g/mol. The van der Waals surface area contributed by atoms with E-state index in [1.54, 1.807) is 0 Å². The molecule has 0 atom stereocenters. The lowest BCUT2D eigenvalue weighted by Crippen LogP contribution is -3.00. The second-order valence-corrected chi connectivity index (χ2v) is 1.35. The Balaban J connectivity index is 0. The zero-order chi connectivity index (χ0) is 4.12. The van der Waals surface area contributed by atoms with Gasteiger partial charge in [0.2, 0.25) is 0 Å². The zero-order valence-electron chi connectivity index (χ0n) is 4.50. The first-order valence-electron chi connectivity index (χ1n) is 2.41. The molecule has 40 valence electrons. The summed E-state index contributed by atoms with van der Waals surface area (Å²) in [6, 6.07) is 0. The van der Waals surface area contributed by atoms with Crippen molar-refractivity contribution >= 4 is 0 Å². The molecule has 6 heavy (non-hydrogen) atoms. The van der Waals surface area contributed by atoms with E-state index in [1.807, 2.05) is 0 Å². The standard InChI is InChI=1S/C5H12.BrH/c1-3-5-4-2;/h3-5H2,1-2H3;1H/p-1. The van der Waals surface area contributed by atoms with Crippen LogP contribution in [0.3, 0.4) is 0 Å². The summed E-state index contributed by atoms with van der Waals surface area (Å²) >= 11 is 0. The molecule has 0 N–H and O–H groups in total. The van der Waals surface area contributed by atoms with E-state index >= 15 is 0 Å². The highest BCUT2D eigenvalue weighted by Gasteiger charge is 1.68. The second kappa shape index (κ2) is 9.08. The van der Waals surface area contributed by atoms with E-state index in [0.29, 0.717) is 0 Å². The van der Waals surface area contributed by atoms with Gasteiger partial charge in [0.1, 0.15) is 0 Å². The molecule has 0 saturated carbocycles. The van der Waals surface area contributed by atoms with Crippen molar-refractivity contribution in [3.05, 3.63) is 0 Å². The summed E-state index contributed by atoms with van der Waals surface area (Å²) in [5, 5.41) is 0. The van der Waals surface area contributed by atoms with Gasteiger partial charge in [-0.25, -0.2) is 0 Å². The summed E-state index contributed by atoms with van der Waals surface area (Å²) < 4.78 is 0. The molecule has 0 saturated heterocycles. The van der Waals surface area contributed by atoms with Gasteiger partial charge in [-0.2, -0.15) is 0 Å². The smallest absolute Gasteiger partial charge is 0.0538 e. The lowest BCUT2D eigenvalue weighted by atomic mass is 10.3. The average molecular weight is 152 g/mol. The molecule has 0 nitrogen and oxygen atoms in total. The molecule has 0 aromatic carbocycles. The number of hydrogen-bond acceptors (Lipinski definition) is 0. The topological polar surface area (TPSA) is 0 Å². The Bertz CT molecular complexity index is 11.4. The molecule has 0 spiro atoms. The molecule has 0 heterocycles. The molecule has 0 aromatic heterocycles. The van der Waals surface area contributed by atoms with E-state index < -0.39 is 0 Å². The fraction of sp³-hybridized carbons (Fsp3) is 1.00. The first-order valence-corrected chi connectivity index (χ1v) is 2.41. The summed E-state index contributed by atoms with van der Waals surface area (Å²) in [6.45, 7) is 4.42. The van der Waals surface area contributed by atoms with Crippen molar-refractivity contribution in [3.63, 3.8) is 0 Å². The Morgan fingerprint density at radius 3 is 1.33 bits per heavy atom. The summed E-state index contributed by atoms with van der Waals surface area (Å²) in [4.78, 5) is 0. The fourth-order valence-corrected chi connectivity index (χ4v) is 0.354. The van der Waals surface area contributed by atoms with Gasteiger partial charge in [-0.3, -0.25) is 0 Å². The first-order chi connectivity index (χ1) is 2.41. The van der Waals surface area contributed by atoms with E-state index in [2.05, 4.69) is 13.8 Å². The largest absolute Gasteiger partial charge is 1.00 e. The lowest BCUT2D eigenvalue weighted by molar-refractivity contribution is -0.00000126. The van der Waals surface area contributed by atoms with Gasteiger partial charge in [0.15, 0.2) is 0 Å². The number of halogens is 1. The molecule has 0 aromatic rings. The maximum absolute atomic E-state index is 2.21. The fourth-order valence-electron chi connectivity index (χ4n) is 0.354. The lowest BCUT2D eigenvalue weighted by Gasteiger charge is -1.79. The van der Waals surface area contributed by atoms with Crippen molar-refractivity contribution in [1.82, 2.24) is 0 Å². The van der Waals surface area contributed by atoms with Crippen molar-refractivity contribution < 1.29 is 17.0 Å². The van der Waals surface area contributed by atoms with Crippen molar-refractivity contribution in [1.29, 1.82) is 0 Å². The number of hydrogen-bond donors (Lipinski definition) is 0. The van der Waals surface area contributed by atoms with Crippen LogP contribution in [-0.2, 0) is 0 Å². The zero-order valence-corrected chi connectivity index (χ0v) is 6.09. The third-order valence-electron chi connectivity index (χ3n) is 0.707. The summed E-state index contributed by atoms with van der Waals surface area (Å²) in [5.41, 5.74) is 0. The normalized spacial score (nSPS) is 7.00. The molecule has 0 bridgehead atoms. The SMILES string of the molecule is CCCCC.[Br-]. The molecule has 0 amide bonds. The van der Waals surface area contributed by atoms with Crippen molar-refractivity contribution in [3.8, 4) is 0 Å². The molecule has 0 aliphatic rings. The maximum Gasteiger partial charge on any atom is -0.0538 e. The van der Waals surface area contributed by atoms with Crippen LogP contribution in [0.2, 0.25) is 0 Å². The third-order valence-corrected chi connectivity index (χ3v) is 0.707. The summed E-state index contributed by atoms with van der Waals surface area (Å²) in [7, 11) is 0. The molecule has 1 heteroatoms. The molecule has 0 unspecified atom stereocenters. The minimum Gasteiger partial charge on any atom is -1.00 e. The summed E-state index contributed by atoms with van der Waals surface area (Å²) in [5.74, 6) is 0. The summed E-state index contributed by atoms with van der Waals surface area (Å²) in [6.07, 6.45) is 4.08. The van der Waals surface area contributed by atoms with E-state index in [9.17, 15) is 0 Å². The van der Waals surface area contributed by atoms with Crippen LogP contribution < -0.4 is 17.0 Å². The highest BCUT2D eigenvalue weighted by molar-refractivity contribution is 4.24. The van der Waals surface area contributed by atoms with Crippen LogP contribution in [0.4, 0.5) is 0 Å². The predicted molar refractivity (Wildman–Crippen MR) is 25.2 cm³/mol. The van der Waals surface area contributed by atoms with Gasteiger partial charge in [-0.05, 0) is 0 Å². The van der Waals surface area contributed by atoms with Crippen LogP contribution in [0.5, 0.6) is 0 Å². The van der Waals surface area contributed by atoms with Gasteiger partial charge in [0.05, 0.1) is 0 Å². The van der Waals surface area contributed by atoms with Gasteiger partial charge >= 0.3 is 0 Å². The Morgan fingerprint density at radius 2 is 1.33 bits per heavy atom. The van der Waals surface area contributed by atoms with Gasteiger partial charge in [0, 0.05) is 0 Å². The Hall–Kier alpha value is 0.480. The Labute approximate surface area is 50.7 Å². The van der Waals surface area contributed by atoms with Crippen molar-refractivity contribution in [2.45, 2.75) is 33.1 Å². The third kappa shape index (κ3) is 8.82. The van der Waals surface area contributed by atoms with Crippen LogP contribution in [0.15, 0.2) is 0 Å². The molecule has 0 fully saturated rings. The van der Waals surface area contributed by atoms with Gasteiger partial charge in [-0.1, -0.05) is 33.1 Å². The molecular weight excluding hydrogens is 140 g/mol. The van der Waals surface area contributed by atoms with Crippen LogP contribution in [0.25, 0.3) is 0 Å². The Kier molecular flexibility index (Phi) is 14.7. The Morgan fingerprint density at radius 1 is 1.00 bits per heavy atom. The first kappa shape index (κ1) is 9.70. The molecule has 0 aliphatic carbocycles.